The molecule has 3 N–H and O–H groups in total. The molecule has 0 aliphatic rings. The van der Waals surface area contributed by atoms with E-state index < -0.39 is 5.60 Å². The number of aliphatic hydroxyl groups is 2. The van der Waals surface area contributed by atoms with Gasteiger partial charge in [0.15, 0.2) is 0 Å². The molecule has 1 aromatic heterocycles. The highest BCUT2D eigenvalue weighted by molar-refractivity contribution is 5.14. The molecule has 0 spiro atoms. The van der Waals surface area contributed by atoms with Crippen LogP contribution in [0.2, 0.25) is 0 Å². The van der Waals surface area contributed by atoms with Crippen molar-refractivity contribution < 1.29 is 14.6 Å². The molecule has 2 unspecified atom stereocenters. The fourth-order valence-electron chi connectivity index (χ4n) is 1.21. The number of rotatable bonds is 5. The lowest BCUT2D eigenvalue weighted by atomic mass is 10.1. The lowest BCUT2D eigenvalue weighted by Gasteiger charge is -2.23. The summed E-state index contributed by atoms with van der Waals surface area (Å²) in [5.74, 6) is -0.389. The van der Waals surface area contributed by atoms with Crippen molar-refractivity contribution in [2.75, 3.05) is 13.2 Å². The molecule has 0 radical (unpaired) electrons. The molecule has 1 aromatic rings. The van der Waals surface area contributed by atoms with Gasteiger partial charge >= 0.3 is 0 Å². The number of nitrogens with one attached hydrogen (secondary N) is 1. The molecular formula is C11H17FN2O2. The Balaban J connectivity index is 2.56. The highest BCUT2D eigenvalue weighted by Gasteiger charge is 2.19. The lowest BCUT2D eigenvalue weighted by molar-refractivity contribution is 0.00105. The molecule has 0 amide bonds. The van der Waals surface area contributed by atoms with Crippen LogP contribution in [0.1, 0.15) is 25.5 Å². The summed E-state index contributed by atoms with van der Waals surface area (Å²) in [6.45, 7) is 3.26. The molecule has 16 heavy (non-hydrogen) atoms. The van der Waals surface area contributed by atoms with Gasteiger partial charge in [-0.2, -0.15) is 0 Å². The van der Waals surface area contributed by atoms with Gasteiger partial charge in [0.25, 0.3) is 0 Å². The number of pyridine rings is 1. The summed E-state index contributed by atoms with van der Waals surface area (Å²) in [5.41, 5.74) is -0.469. The average molecular weight is 228 g/mol. The zero-order valence-corrected chi connectivity index (χ0v) is 9.44. The summed E-state index contributed by atoms with van der Waals surface area (Å²) in [6.07, 6.45) is 2.70. The van der Waals surface area contributed by atoms with Crippen LogP contribution in [0.4, 0.5) is 4.39 Å². The minimum absolute atomic E-state index is 0.138. The third-order valence-electron chi connectivity index (χ3n) is 2.36. The number of aliphatic hydroxyl groups excluding tert-OH is 1. The third kappa shape index (κ3) is 3.84. The number of nitrogens with zero attached hydrogens (tertiary/aromatic N) is 1. The van der Waals surface area contributed by atoms with Gasteiger partial charge in [0.2, 0.25) is 0 Å². The zero-order chi connectivity index (χ0) is 12.2. The Bertz CT molecular complexity index is 345. The molecule has 0 aliphatic heterocycles. The lowest BCUT2D eigenvalue weighted by Crippen LogP contribution is -2.41. The van der Waals surface area contributed by atoms with Gasteiger partial charge in [-0.1, -0.05) is 0 Å². The maximum Gasteiger partial charge on any atom is 0.141 e. The molecule has 0 bridgehead atoms. The Labute approximate surface area is 94.1 Å². The first-order valence-electron chi connectivity index (χ1n) is 5.12. The Hall–Kier alpha value is -1.04. The van der Waals surface area contributed by atoms with Gasteiger partial charge in [-0.25, -0.2) is 4.39 Å². The van der Waals surface area contributed by atoms with Gasteiger partial charge in [0.1, 0.15) is 5.82 Å². The van der Waals surface area contributed by atoms with Crippen LogP contribution in [0.3, 0.4) is 0 Å². The van der Waals surface area contributed by atoms with Gasteiger partial charge in [-0.3, -0.25) is 4.98 Å². The van der Waals surface area contributed by atoms with Gasteiger partial charge in [0, 0.05) is 18.8 Å². The molecule has 90 valence electrons. The first-order chi connectivity index (χ1) is 7.44. The summed E-state index contributed by atoms with van der Waals surface area (Å²) in [7, 11) is 0. The van der Waals surface area contributed by atoms with Crippen molar-refractivity contribution in [3.05, 3.63) is 29.8 Å². The summed E-state index contributed by atoms with van der Waals surface area (Å²) in [6, 6.07) is 1.25. The number of aromatic nitrogens is 1. The fraction of sp³-hybridized carbons (Fsp3) is 0.545. The van der Waals surface area contributed by atoms with E-state index in [4.69, 9.17) is 5.11 Å². The van der Waals surface area contributed by atoms with E-state index in [0.29, 0.717) is 5.56 Å². The second-order valence-corrected chi connectivity index (χ2v) is 4.19. The van der Waals surface area contributed by atoms with Crippen LogP contribution in [-0.2, 0) is 0 Å². The molecule has 4 nitrogen and oxygen atoms in total. The quantitative estimate of drug-likeness (QED) is 0.691. The van der Waals surface area contributed by atoms with Crippen LogP contribution in [0.15, 0.2) is 18.5 Å². The van der Waals surface area contributed by atoms with Crippen molar-refractivity contribution in [1.29, 1.82) is 0 Å². The summed E-state index contributed by atoms with van der Waals surface area (Å²) in [4.78, 5) is 3.74. The van der Waals surface area contributed by atoms with E-state index in [2.05, 4.69) is 10.3 Å². The topological polar surface area (TPSA) is 65.4 Å². The Morgan fingerprint density at radius 2 is 2.25 bits per heavy atom. The minimum atomic E-state index is -1.17. The van der Waals surface area contributed by atoms with Gasteiger partial charge in [-0.15, -0.1) is 0 Å². The largest absolute Gasteiger partial charge is 0.393 e. The van der Waals surface area contributed by atoms with E-state index >= 15 is 0 Å². The van der Waals surface area contributed by atoms with Gasteiger partial charge in [-0.05, 0) is 25.5 Å². The highest BCUT2D eigenvalue weighted by Crippen LogP contribution is 2.12. The zero-order valence-electron chi connectivity index (χ0n) is 9.44. The maximum absolute atomic E-state index is 12.9. The average Bonchev–Trinajstić information content (AvgIpc) is 2.26. The third-order valence-corrected chi connectivity index (χ3v) is 2.36. The van der Waals surface area contributed by atoms with E-state index in [-0.39, 0.29) is 25.0 Å². The second-order valence-electron chi connectivity index (χ2n) is 4.19. The Kier molecular flexibility index (Phi) is 4.35. The van der Waals surface area contributed by atoms with Crippen molar-refractivity contribution in [3.63, 3.8) is 0 Å². The van der Waals surface area contributed by atoms with E-state index in [9.17, 15) is 9.50 Å². The number of hydrogen-bond donors (Lipinski definition) is 3. The van der Waals surface area contributed by atoms with Crippen molar-refractivity contribution in [3.8, 4) is 0 Å². The van der Waals surface area contributed by atoms with E-state index in [1.165, 1.54) is 13.0 Å². The first kappa shape index (κ1) is 13.0. The molecular weight excluding hydrogens is 211 g/mol. The second kappa shape index (κ2) is 5.34. The standard InChI is InChI=1S/C11H17FN2O2/c1-8(14-6-11(2,16)7-15)9-3-10(12)5-13-4-9/h3-5,8,14-16H,6-7H2,1-2H3. The summed E-state index contributed by atoms with van der Waals surface area (Å²) in [5, 5.41) is 21.4. The van der Waals surface area contributed by atoms with E-state index in [1.54, 1.807) is 6.20 Å². The monoisotopic (exact) mass is 228 g/mol. The molecule has 0 saturated carbocycles. The normalized spacial score (nSPS) is 16.8. The molecule has 0 aliphatic carbocycles. The molecule has 1 heterocycles. The molecule has 2 atom stereocenters. The van der Waals surface area contributed by atoms with Crippen molar-refractivity contribution in [2.45, 2.75) is 25.5 Å². The number of halogens is 1. The van der Waals surface area contributed by atoms with E-state index in [1.807, 2.05) is 6.92 Å². The maximum atomic E-state index is 12.9. The predicted molar refractivity (Wildman–Crippen MR) is 58.3 cm³/mol. The van der Waals surface area contributed by atoms with E-state index in [0.717, 1.165) is 6.20 Å². The Morgan fingerprint density at radius 3 is 2.81 bits per heavy atom. The Morgan fingerprint density at radius 1 is 1.56 bits per heavy atom. The minimum Gasteiger partial charge on any atom is -0.393 e. The smallest absolute Gasteiger partial charge is 0.141 e. The van der Waals surface area contributed by atoms with Crippen LogP contribution >= 0.6 is 0 Å². The highest BCUT2D eigenvalue weighted by atomic mass is 19.1. The predicted octanol–water partition coefficient (Wildman–Crippen LogP) is 0.615. The van der Waals surface area contributed by atoms with Gasteiger partial charge in [0.05, 0.1) is 18.4 Å². The summed E-state index contributed by atoms with van der Waals surface area (Å²) < 4.78 is 12.9. The molecule has 0 saturated heterocycles. The molecule has 0 fully saturated rings. The summed E-state index contributed by atoms with van der Waals surface area (Å²) >= 11 is 0. The number of hydrogen-bond acceptors (Lipinski definition) is 4. The molecule has 5 heteroatoms. The molecule has 1 rings (SSSR count). The van der Waals surface area contributed by atoms with Crippen LogP contribution in [0, 0.1) is 5.82 Å². The SMILES string of the molecule is CC(NCC(C)(O)CO)c1cncc(F)c1. The first-order valence-corrected chi connectivity index (χ1v) is 5.12. The fourth-order valence-corrected chi connectivity index (χ4v) is 1.21. The van der Waals surface area contributed by atoms with Crippen LogP contribution in [0.25, 0.3) is 0 Å². The van der Waals surface area contributed by atoms with Crippen LogP contribution < -0.4 is 5.32 Å². The molecule has 0 aromatic carbocycles. The van der Waals surface area contributed by atoms with Crippen molar-refractivity contribution in [1.82, 2.24) is 10.3 Å². The van der Waals surface area contributed by atoms with Crippen molar-refractivity contribution in [2.24, 2.45) is 0 Å². The van der Waals surface area contributed by atoms with Crippen LogP contribution in [0.5, 0.6) is 0 Å². The van der Waals surface area contributed by atoms with Crippen molar-refractivity contribution >= 4 is 0 Å². The van der Waals surface area contributed by atoms with Gasteiger partial charge < -0.3 is 15.5 Å². The van der Waals surface area contributed by atoms with Crippen LogP contribution in [-0.4, -0.2) is 33.9 Å².